The van der Waals surface area contributed by atoms with Gasteiger partial charge in [-0.05, 0) is 32.3 Å². The largest absolute Gasteiger partial charge is 0.362 e. The summed E-state index contributed by atoms with van der Waals surface area (Å²) in [6, 6.07) is 1.74. The molecule has 2 rings (SSSR count). The molecule has 0 spiro atoms. The van der Waals surface area contributed by atoms with Crippen LogP contribution >= 0.6 is 0 Å². The molecular weight excluding hydrogens is 290 g/mol. The fourth-order valence-electron chi connectivity index (χ4n) is 2.83. The number of pyridine rings is 1. The van der Waals surface area contributed by atoms with Gasteiger partial charge in [0, 0.05) is 39.6 Å². The predicted molar refractivity (Wildman–Crippen MR) is 84.0 cm³/mol. The van der Waals surface area contributed by atoms with Crippen molar-refractivity contribution in [2.75, 3.05) is 11.1 Å². The minimum Gasteiger partial charge on any atom is -0.362 e. The highest BCUT2D eigenvalue weighted by Crippen LogP contribution is 2.30. The topological polar surface area (TPSA) is 85.1 Å². The van der Waals surface area contributed by atoms with Gasteiger partial charge in [-0.3, -0.25) is 14.3 Å². The first-order valence-corrected chi connectivity index (χ1v) is 8.64. The van der Waals surface area contributed by atoms with E-state index in [0.29, 0.717) is 17.1 Å². The summed E-state index contributed by atoms with van der Waals surface area (Å²) in [5, 5.41) is 14.6. The van der Waals surface area contributed by atoms with Crippen LogP contribution in [0.15, 0.2) is 12.3 Å². The molecule has 21 heavy (non-hydrogen) atoms. The summed E-state index contributed by atoms with van der Waals surface area (Å²) in [7, 11) is -0.805. The zero-order chi connectivity index (χ0) is 15.4. The lowest BCUT2D eigenvalue weighted by Gasteiger charge is -2.29. The molecule has 116 valence electrons. The molecule has 0 bridgehead atoms. The van der Waals surface area contributed by atoms with Gasteiger partial charge >= 0.3 is 5.69 Å². The molecule has 1 aromatic rings. The maximum Gasteiger partial charge on any atom is 0.314 e. The number of nitrogens with zero attached hydrogens (tertiary/aromatic N) is 2. The zero-order valence-corrected chi connectivity index (χ0v) is 13.2. The highest BCUT2D eigenvalue weighted by molar-refractivity contribution is 7.85. The fourth-order valence-corrected chi connectivity index (χ4v) is 4.18. The Labute approximate surface area is 127 Å². The lowest BCUT2D eigenvalue weighted by molar-refractivity contribution is -0.384. The molecule has 1 N–H and O–H groups in total. The number of anilines is 1. The van der Waals surface area contributed by atoms with Crippen LogP contribution in [0.25, 0.3) is 0 Å². The van der Waals surface area contributed by atoms with Crippen LogP contribution in [0.4, 0.5) is 11.5 Å². The van der Waals surface area contributed by atoms with Crippen molar-refractivity contribution in [2.24, 2.45) is 0 Å². The molecule has 1 saturated carbocycles. The lowest BCUT2D eigenvalue weighted by Crippen LogP contribution is -2.33. The van der Waals surface area contributed by atoms with E-state index in [0.717, 1.165) is 25.7 Å². The first kappa shape index (κ1) is 15.9. The van der Waals surface area contributed by atoms with E-state index in [1.807, 2.05) is 6.92 Å². The average Bonchev–Trinajstić information content (AvgIpc) is 2.46. The van der Waals surface area contributed by atoms with Crippen molar-refractivity contribution in [3.8, 4) is 0 Å². The van der Waals surface area contributed by atoms with Gasteiger partial charge in [0.2, 0.25) is 5.82 Å². The molecule has 6 nitrogen and oxygen atoms in total. The van der Waals surface area contributed by atoms with Crippen LogP contribution in [0.5, 0.6) is 0 Å². The molecule has 3 atom stereocenters. The summed E-state index contributed by atoms with van der Waals surface area (Å²) in [6.45, 7) is 3.64. The third-order valence-electron chi connectivity index (χ3n) is 3.93. The Kier molecular flexibility index (Phi) is 5.27. The minimum atomic E-state index is -0.805. The normalized spacial score (nSPS) is 23.5. The van der Waals surface area contributed by atoms with Crippen LogP contribution in [0.2, 0.25) is 0 Å². The molecule has 1 fully saturated rings. The first-order valence-electron chi connectivity index (χ1n) is 7.26. The molecular formula is C14H21N3O3S. The van der Waals surface area contributed by atoms with Crippen LogP contribution in [0.1, 0.15) is 38.2 Å². The van der Waals surface area contributed by atoms with Gasteiger partial charge in [0.15, 0.2) is 0 Å². The van der Waals surface area contributed by atoms with E-state index in [1.54, 1.807) is 19.2 Å². The van der Waals surface area contributed by atoms with E-state index >= 15 is 0 Å². The first-order chi connectivity index (χ1) is 10.0. The minimum absolute atomic E-state index is 0.0382. The molecule has 0 unspecified atom stereocenters. The Morgan fingerprint density at radius 1 is 1.52 bits per heavy atom. The number of hydrogen-bond acceptors (Lipinski definition) is 5. The zero-order valence-electron chi connectivity index (χ0n) is 12.4. The van der Waals surface area contributed by atoms with E-state index in [1.165, 1.54) is 0 Å². The van der Waals surface area contributed by atoms with Gasteiger partial charge in [0.1, 0.15) is 0 Å². The van der Waals surface area contributed by atoms with Crippen molar-refractivity contribution in [2.45, 2.75) is 50.8 Å². The highest BCUT2D eigenvalue weighted by Gasteiger charge is 2.28. The second-order valence-corrected chi connectivity index (χ2v) is 7.39. The van der Waals surface area contributed by atoms with Gasteiger partial charge in [0.25, 0.3) is 0 Å². The second-order valence-electron chi connectivity index (χ2n) is 5.38. The van der Waals surface area contributed by atoms with Crippen LogP contribution in [-0.2, 0) is 10.8 Å². The Bertz CT molecular complexity index is 550. The van der Waals surface area contributed by atoms with Crippen molar-refractivity contribution in [1.29, 1.82) is 0 Å². The molecule has 0 saturated heterocycles. The van der Waals surface area contributed by atoms with E-state index in [2.05, 4.69) is 10.3 Å². The quantitative estimate of drug-likeness (QED) is 0.667. The van der Waals surface area contributed by atoms with Crippen molar-refractivity contribution < 1.29 is 9.13 Å². The predicted octanol–water partition coefficient (Wildman–Crippen LogP) is 2.79. The van der Waals surface area contributed by atoms with Gasteiger partial charge < -0.3 is 5.32 Å². The average molecular weight is 311 g/mol. The van der Waals surface area contributed by atoms with E-state index in [-0.39, 0.29) is 17.0 Å². The van der Waals surface area contributed by atoms with Crippen LogP contribution in [0.3, 0.4) is 0 Å². The van der Waals surface area contributed by atoms with Gasteiger partial charge in [-0.15, -0.1) is 0 Å². The number of hydrogen-bond donors (Lipinski definition) is 1. The third-order valence-corrected chi connectivity index (χ3v) is 5.67. The number of aromatic nitrogens is 1. The SMILES string of the molecule is CC[S@](=O)[C@@H]1CCC[C@H](Nc2nccc(C)c2[N+](=O)[O-])C1. The molecule has 1 heterocycles. The lowest BCUT2D eigenvalue weighted by atomic mass is 9.95. The second kappa shape index (κ2) is 6.98. The molecule has 0 aromatic carbocycles. The maximum atomic E-state index is 12.0. The van der Waals surface area contributed by atoms with Gasteiger partial charge in [0.05, 0.1) is 4.92 Å². The molecule has 0 aliphatic heterocycles. The third kappa shape index (κ3) is 3.78. The molecule has 0 radical (unpaired) electrons. The number of rotatable bonds is 5. The van der Waals surface area contributed by atoms with E-state index in [9.17, 15) is 14.3 Å². The van der Waals surface area contributed by atoms with Crippen molar-refractivity contribution in [3.63, 3.8) is 0 Å². The highest BCUT2D eigenvalue weighted by atomic mass is 32.2. The standard InChI is InChI=1S/C14H21N3O3S/c1-3-21(20)12-6-4-5-11(9-12)16-14-13(17(18)19)10(2)7-8-15-14/h7-8,11-12H,3-6,9H2,1-2H3,(H,15,16)/t11-,12+,21-/m0/s1. The number of nitrogens with one attached hydrogen (secondary N) is 1. The maximum absolute atomic E-state index is 12.0. The van der Waals surface area contributed by atoms with Crippen LogP contribution in [0, 0.1) is 17.0 Å². The van der Waals surface area contributed by atoms with E-state index < -0.39 is 15.7 Å². The van der Waals surface area contributed by atoms with E-state index in [4.69, 9.17) is 0 Å². The van der Waals surface area contributed by atoms with Crippen molar-refractivity contribution in [1.82, 2.24) is 4.98 Å². The van der Waals surface area contributed by atoms with Crippen LogP contribution in [-0.4, -0.2) is 31.2 Å². The monoisotopic (exact) mass is 311 g/mol. The molecule has 0 amide bonds. The van der Waals surface area contributed by atoms with Crippen LogP contribution < -0.4 is 5.32 Å². The Hall–Kier alpha value is -1.50. The van der Waals surface area contributed by atoms with Gasteiger partial charge in [-0.2, -0.15) is 0 Å². The Morgan fingerprint density at radius 2 is 2.29 bits per heavy atom. The van der Waals surface area contributed by atoms with Gasteiger partial charge in [-0.25, -0.2) is 4.98 Å². The summed E-state index contributed by atoms with van der Waals surface area (Å²) in [4.78, 5) is 14.9. The Morgan fingerprint density at radius 3 is 2.95 bits per heavy atom. The summed E-state index contributed by atoms with van der Waals surface area (Å²) < 4.78 is 12.0. The molecule has 1 aliphatic rings. The summed E-state index contributed by atoms with van der Waals surface area (Å²) in [5.74, 6) is 0.994. The molecule has 7 heteroatoms. The molecule has 1 aliphatic carbocycles. The van der Waals surface area contributed by atoms with Gasteiger partial charge in [-0.1, -0.05) is 13.3 Å². The summed E-state index contributed by atoms with van der Waals surface area (Å²) in [5.41, 5.74) is 0.637. The number of aryl methyl sites for hydroxylation is 1. The summed E-state index contributed by atoms with van der Waals surface area (Å²) in [6.07, 6.45) is 5.27. The van der Waals surface area contributed by atoms with Crippen molar-refractivity contribution in [3.05, 3.63) is 27.9 Å². The van der Waals surface area contributed by atoms with Crippen molar-refractivity contribution >= 4 is 22.3 Å². The smallest absolute Gasteiger partial charge is 0.314 e. The Balaban J connectivity index is 2.13. The number of nitro groups is 1. The molecule has 1 aromatic heterocycles. The summed E-state index contributed by atoms with van der Waals surface area (Å²) >= 11 is 0. The fraction of sp³-hybridized carbons (Fsp3) is 0.643.